The second kappa shape index (κ2) is 4.99. The fourth-order valence-corrected chi connectivity index (χ4v) is 1.77. The van der Waals surface area contributed by atoms with Crippen LogP contribution in [0.4, 0.5) is 8.78 Å². The Kier molecular flexibility index (Phi) is 3.58. The monoisotopic (exact) mass is 255 g/mol. The fourth-order valence-electron chi connectivity index (χ4n) is 1.77. The summed E-state index contributed by atoms with van der Waals surface area (Å²) in [6.07, 6.45) is 0. The van der Waals surface area contributed by atoms with E-state index < -0.39 is 19.1 Å². The summed E-state index contributed by atoms with van der Waals surface area (Å²) >= 11 is 0. The van der Waals surface area contributed by atoms with Crippen LogP contribution in [-0.4, -0.2) is 33.7 Å². The molecule has 2 aromatic rings. The first-order chi connectivity index (χ1) is 8.53. The molecule has 0 radical (unpaired) electrons. The fraction of sp³-hybridized carbons (Fsp3) is 0.417. The van der Waals surface area contributed by atoms with Gasteiger partial charge in [-0.05, 0) is 12.1 Å². The molecule has 0 fully saturated rings. The molecule has 0 bridgehead atoms. The quantitative estimate of drug-likeness (QED) is 0.846. The maximum atomic E-state index is 12.8. The number of hydrogen-bond donors (Lipinski definition) is 2. The number of imidazole rings is 1. The average Bonchev–Trinajstić information content (AvgIpc) is 2.67. The Bertz CT molecular complexity index is 539. The van der Waals surface area contributed by atoms with Gasteiger partial charge in [-0.3, -0.25) is 0 Å². The van der Waals surface area contributed by atoms with Crippen molar-refractivity contribution in [3.8, 4) is 0 Å². The summed E-state index contributed by atoms with van der Waals surface area (Å²) in [5.74, 6) is -2.41. The highest BCUT2D eigenvalue weighted by Crippen LogP contribution is 2.14. The molecule has 4 nitrogen and oxygen atoms in total. The molecule has 0 aliphatic carbocycles. The van der Waals surface area contributed by atoms with Crippen molar-refractivity contribution in [1.82, 2.24) is 14.9 Å². The molecule has 0 atom stereocenters. The number of fused-ring (bicyclic) bond motifs is 1. The number of hydrogen-bond acceptors (Lipinski definition) is 3. The van der Waals surface area contributed by atoms with Gasteiger partial charge in [0.1, 0.15) is 12.4 Å². The Hall–Kier alpha value is -1.53. The first-order valence-corrected chi connectivity index (χ1v) is 5.63. The topological polar surface area (TPSA) is 50.1 Å². The van der Waals surface area contributed by atoms with Crippen LogP contribution in [0.5, 0.6) is 0 Å². The van der Waals surface area contributed by atoms with E-state index in [9.17, 15) is 8.78 Å². The molecule has 0 spiro atoms. The van der Waals surface area contributed by atoms with E-state index in [-0.39, 0.29) is 6.54 Å². The molecule has 0 aliphatic heterocycles. The van der Waals surface area contributed by atoms with E-state index >= 15 is 0 Å². The third-order valence-electron chi connectivity index (χ3n) is 2.78. The van der Waals surface area contributed by atoms with Gasteiger partial charge in [-0.15, -0.1) is 0 Å². The first kappa shape index (κ1) is 12.9. The third-order valence-corrected chi connectivity index (χ3v) is 2.78. The minimum atomic E-state index is -3.09. The highest BCUT2D eigenvalue weighted by Gasteiger charge is 2.26. The molecule has 1 aromatic heterocycles. The molecule has 0 amide bonds. The molecule has 0 saturated heterocycles. The van der Waals surface area contributed by atoms with E-state index in [1.165, 1.54) is 0 Å². The van der Waals surface area contributed by atoms with E-state index in [0.29, 0.717) is 5.82 Å². The maximum absolute atomic E-state index is 12.8. The molecule has 1 heterocycles. The van der Waals surface area contributed by atoms with Gasteiger partial charge < -0.3 is 15.0 Å². The Morgan fingerprint density at radius 1 is 1.39 bits per heavy atom. The summed E-state index contributed by atoms with van der Waals surface area (Å²) in [5.41, 5.74) is 1.80. The first-order valence-electron chi connectivity index (χ1n) is 5.63. The molecule has 98 valence electrons. The van der Waals surface area contributed by atoms with Crippen molar-refractivity contribution >= 4 is 11.0 Å². The number of para-hydroxylation sites is 2. The van der Waals surface area contributed by atoms with Crippen LogP contribution < -0.4 is 5.32 Å². The molecular formula is C12H15F2N3O. The number of benzene rings is 1. The zero-order chi connectivity index (χ0) is 13.2. The lowest BCUT2D eigenvalue weighted by Gasteiger charge is -2.13. The van der Waals surface area contributed by atoms with Gasteiger partial charge in [-0.1, -0.05) is 12.1 Å². The summed E-state index contributed by atoms with van der Waals surface area (Å²) in [7, 11) is 1.84. The lowest BCUT2D eigenvalue weighted by molar-refractivity contribution is -0.0478. The zero-order valence-electron chi connectivity index (χ0n) is 10.0. The number of aromatic nitrogens is 2. The van der Waals surface area contributed by atoms with E-state index in [1.807, 2.05) is 35.9 Å². The van der Waals surface area contributed by atoms with Gasteiger partial charge in [0.2, 0.25) is 0 Å². The minimum absolute atomic E-state index is 0.237. The van der Waals surface area contributed by atoms with Crippen molar-refractivity contribution in [1.29, 1.82) is 0 Å². The van der Waals surface area contributed by atoms with Crippen molar-refractivity contribution in [2.45, 2.75) is 12.5 Å². The SMILES string of the molecule is Cn1c(CNCC(F)(F)CO)nc2ccccc21. The van der Waals surface area contributed by atoms with Crippen LogP contribution in [0.15, 0.2) is 24.3 Å². The molecule has 0 saturated carbocycles. The number of nitrogens with zero attached hydrogens (tertiary/aromatic N) is 2. The van der Waals surface area contributed by atoms with E-state index in [0.717, 1.165) is 11.0 Å². The lowest BCUT2D eigenvalue weighted by atomic mass is 10.3. The van der Waals surface area contributed by atoms with Crippen LogP contribution in [0, 0.1) is 0 Å². The maximum Gasteiger partial charge on any atom is 0.282 e. The van der Waals surface area contributed by atoms with Crippen molar-refractivity contribution in [2.24, 2.45) is 7.05 Å². The summed E-state index contributed by atoms with van der Waals surface area (Å²) in [6.45, 7) is -1.48. The Labute approximate surface area is 103 Å². The van der Waals surface area contributed by atoms with Crippen molar-refractivity contribution in [3.05, 3.63) is 30.1 Å². The van der Waals surface area contributed by atoms with Crippen LogP contribution in [0.3, 0.4) is 0 Å². The number of alkyl halides is 2. The molecule has 1 aromatic carbocycles. The number of aryl methyl sites for hydroxylation is 1. The number of rotatable bonds is 5. The van der Waals surface area contributed by atoms with Gasteiger partial charge in [0, 0.05) is 7.05 Å². The Morgan fingerprint density at radius 2 is 2.11 bits per heavy atom. The van der Waals surface area contributed by atoms with Gasteiger partial charge in [0.05, 0.1) is 24.1 Å². The normalized spacial score (nSPS) is 12.2. The molecule has 18 heavy (non-hydrogen) atoms. The highest BCUT2D eigenvalue weighted by atomic mass is 19.3. The molecular weight excluding hydrogens is 240 g/mol. The summed E-state index contributed by atoms with van der Waals surface area (Å²) in [6, 6.07) is 7.59. The Morgan fingerprint density at radius 3 is 2.78 bits per heavy atom. The zero-order valence-corrected chi connectivity index (χ0v) is 10.0. The van der Waals surface area contributed by atoms with Crippen LogP contribution in [-0.2, 0) is 13.6 Å². The van der Waals surface area contributed by atoms with Gasteiger partial charge >= 0.3 is 0 Å². The summed E-state index contributed by atoms with van der Waals surface area (Å²) in [5, 5.41) is 11.1. The smallest absolute Gasteiger partial charge is 0.282 e. The van der Waals surface area contributed by atoms with E-state index in [1.54, 1.807) is 0 Å². The largest absolute Gasteiger partial charge is 0.390 e. The molecule has 0 unspecified atom stereocenters. The molecule has 2 N–H and O–H groups in total. The number of aliphatic hydroxyl groups is 1. The lowest BCUT2D eigenvalue weighted by Crippen LogP contribution is -2.35. The van der Waals surface area contributed by atoms with E-state index in [4.69, 9.17) is 5.11 Å². The second-order valence-corrected chi connectivity index (χ2v) is 4.19. The van der Waals surface area contributed by atoms with Crippen LogP contribution in [0.2, 0.25) is 0 Å². The van der Waals surface area contributed by atoms with Gasteiger partial charge in [-0.25, -0.2) is 13.8 Å². The highest BCUT2D eigenvalue weighted by molar-refractivity contribution is 5.75. The Balaban J connectivity index is 2.06. The van der Waals surface area contributed by atoms with Gasteiger partial charge in [0.25, 0.3) is 5.92 Å². The molecule has 2 rings (SSSR count). The van der Waals surface area contributed by atoms with Crippen LogP contribution >= 0.6 is 0 Å². The van der Waals surface area contributed by atoms with Crippen LogP contribution in [0.25, 0.3) is 11.0 Å². The average molecular weight is 255 g/mol. The minimum Gasteiger partial charge on any atom is -0.390 e. The predicted octanol–water partition coefficient (Wildman–Crippen LogP) is 1.29. The number of nitrogens with one attached hydrogen (secondary N) is 1. The summed E-state index contributed by atoms with van der Waals surface area (Å²) < 4.78 is 27.5. The van der Waals surface area contributed by atoms with Crippen molar-refractivity contribution in [2.75, 3.05) is 13.2 Å². The van der Waals surface area contributed by atoms with Crippen molar-refractivity contribution in [3.63, 3.8) is 0 Å². The summed E-state index contributed by atoms with van der Waals surface area (Å²) in [4.78, 5) is 4.35. The third kappa shape index (κ3) is 2.65. The standard InChI is InChI=1S/C12H15F2N3O/c1-17-10-5-3-2-4-9(10)16-11(17)6-15-7-12(13,14)8-18/h2-5,15,18H,6-8H2,1H3. The van der Waals surface area contributed by atoms with Crippen LogP contribution in [0.1, 0.15) is 5.82 Å². The van der Waals surface area contributed by atoms with E-state index in [2.05, 4.69) is 10.3 Å². The van der Waals surface area contributed by atoms with Crippen molar-refractivity contribution < 1.29 is 13.9 Å². The predicted molar refractivity (Wildman–Crippen MR) is 64.5 cm³/mol. The number of halogens is 2. The number of aliphatic hydroxyl groups excluding tert-OH is 1. The van der Waals surface area contributed by atoms with Gasteiger partial charge in [0.15, 0.2) is 0 Å². The molecule has 0 aliphatic rings. The second-order valence-electron chi connectivity index (χ2n) is 4.19. The molecule has 6 heteroatoms. The van der Waals surface area contributed by atoms with Gasteiger partial charge in [-0.2, -0.15) is 0 Å².